The van der Waals surface area contributed by atoms with Gasteiger partial charge in [0, 0.05) is 35.7 Å². The second-order valence-electron chi connectivity index (χ2n) is 4.96. The molecule has 0 aliphatic carbocycles. The number of rotatable bonds is 3. The number of hydrogen-bond acceptors (Lipinski definition) is 3. The van der Waals surface area contributed by atoms with Crippen LogP contribution in [-0.4, -0.2) is 40.6 Å². The number of hydrogen-bond donors (Lipinski definition) is 1. The summed E-state index contributed by atoms with van der Waals surface area (Å²) in [6.07, 6.45) is 1.05. The molecular formula is C11H24N2S. The summed E-state index contributed by atoms with van der Waals surface area (Å²) in [6, 6.07) is 0. The lowest BCUT2D eigenvalue weighted by molar-refractivity contribution is 0.211. The first-order valence-electron chi connectivity index (χ1n) is 5.59. The minimum absolute atomic E-state index is 0.0125. The second-order valence-corrected chi connectivity index (χ2v) is 6.84. The Kier molecular flexibility index (Phi) is 4.29. The summed E-state index contributed by atoms with van der Waals surface area (Å²) >= 11 is 2.10. The highest BCUT2D eigenvalue weighted by Crippen LogP contribution is 2.25. The van der Waals surface area contributed by atoms with Crippen molar-refractivity contribution in [1.82, 2.24) is 4.90 Å². The Labute approximate surface area is 92.6 Å². The molecule has 84 valence electrons. The van der Waals surface area contributed by atoms with E-state index in [9.17, 15) is 0 Å². The molecule has 1 fully saturated rings. The van der Waals surface area contributed by atoms with Crippen LogP contribution >= 0.6 is 11.8 Å². The molecule has 1 rings (SSSR count). The van der Waals surface area contributed by atoms with Crippen molar-refractivity contribution < 1.29 is 0 Å². The minimum atomic E-state index is -0.0125. The summed E-state index contributed by atoms with van der Waals surface area (Å²) in [4.78, 5) is 2.52. The first kappa shape index (κ1) is 12.3. The van der Waals surface area contributed by atoms with Gasteiger partial charge in [-0.3, -0.25) is 4.90 Å². The Morgan fingerprint density at radius 2 is 1.86 bits per heavy atom. The van der Waals surface area contributed by atoms with E-state index in [1.807, 2.05) is 0 Å². The smallest absolute Gasteiger partial charge is 0.0252 e. The first-order chi connectivity index (χ1) is 6.43. The van der Waals surface area contributed by atoms with E-state index in [1.54, 1.807) is 0 Å². The van der Waals surface area contributed by atoms with Gasteiger partial charge in [-0.05, 0) is 13.3 Å². The molecule has 0 radical (unpaired) electrons. The van der Waals surface area contributed by atoms with Gasteiger partial charge in [-0.1, -0.05) is 20.8 Å². The van der Waals surface area contributed by atoms with E-state index in [-0.39, 0.29) is 5.54 Å². The summed E-state index contributed by atoms with van der Waals surface area (Å²) in [5, 5.41) is 1.51. The van der Waals surface area contributed by atoms with Gasteiger partial charge in [0.1, 0.15) is 0 Å². The van der Waals surface area contributed by atoms with Gasteiger partial charge >= 0.3 is 0 Å². The highest BCUT2D eigenvalue weighted by molar-refractivity contribution is 8.00. The maximum atomic E-state index is 6.19. The highest BCUT2D eigenvalue weighted by Gasteiger charge is 2.26. The van der Waals surface area contributed by atoms with E-state index in [4.69, 9.17) is 5.73 Å². The average Bonchev–Trinajstić information content (AvgIpc) is 2.01. The van der Waals surface area contributed by atoms with Crippen molar-refractivity contribution in [3.05, 3.63) is 0 Å². The lowest BCUT2D eigenvalue weighted by Crippen LogP contribution is -2.51. The monoisotopic (exact) mass is 216 g/mol. The topological polar surface area (TPSA) is 29.3 Å². The maximum Gasteiger partial charge on any atom is 0.0252 e. The molecular weight excluding hydrogens is 192 g/mol. The van der Waals surface area contributed by atoms with Crippen LogP contribution in [-0.2, 0) is 0 Å². The SMILES string of the molecule is CCC(C)(N)CN1CC(C)SC(C)C1. The fourth-order valence-electron chi connectivity index (χ4n) is 2.04. The summed E-state index contributed by atoms with van der Waals surface area (Å²) in [5.41, 5.74) is 6.18. The van der Waals surface area contributed by atoms with Gasteiger partial charge in [-0.25, -0.2) is 0 Å². The molecule has 0 aromatic rings. The van der Waals surface area contributed by atoms with E-state index in [1.165, 1.54) is 13.1 Å². The van der Waals surface area contributed by atoms with Gasteiger partial charge in [0.25, 0.3) is 0 Å². The van der Waals surface area contributed by atoms with E-state index in [0.29, 0.717) is 0 Å². The molecule has 3 heteroatoms. The van der Waals surface area contributed by atoms with Gasteiger partial charge in [-0.15, -0.1) is 0 Å². The van der Waals surface area contributed by atoms with E-state index < -0.39 is 0 Å². The number of thioether (sulfide) groups is 1. The standard InChI is InChI=1S/C11H24N2S/c1-5-11(4,12)8-13-6-9(2)14-10(3)7-13/h9-10H,5-8,12H2,1-4H3. The Morgan fingerprint density at radius 1 is 1.36 bits per heavy atom. The van der Waals surface area contributed by atoms with Crippen LogP contribution in [0.15, 0.2) is 0 Å². The zero-order chi connectivity index (χ0) is 10.8. The Hall–Kier alpha value is 0.270. The van der Waals surface area contributed by atoms with Crippen LogP contribution < -0.4 is 5.73 Å². The molecule has 3 unspecified atom stereocenters. The molecule has 0 saturated carbocycles. The third kappa shape index (κ3) is 3.79. The fourth-order valence-corrected chi connectivity index (χ4v) is 3.42. The van der Waals surface area contributed by atoms with E-state index in [0.717, 1.165) is 23.5 Å². The third-order valence-electron chi connectivity index (χ3n) is 2.89. The first-order valence-corrected chi connectivity index (χ1v) is 6.54. The quantitative estimate of drug-likeness (QED) is 0.782. The molecule has 1 saturated heterocycles. The van der Waals surface area contributed by atoms with Crippen molar-refractivity contribution in [3.63, 3.8) is 0 Å². The Balaban J connectivity index is 2.44. The molecule has 2 N–H and O–H groups in total. The van der Waals surface area contributed by atoms with Crippen molar-refractivity contribution in [2.24, 2.45) is 5.73 Å². The van der Waals surface area contributed by atoms with Crippen molar-refractivity contribution >= 4 is 11.8 Å². The van der Waals surface area contributed by atoms with E-state index in [2.05, 4.69) is 44.4 Å². The summed E-state index contributed by atoms with van der Waals surface area (Å²) in [5.74, 6) is 0. The molecule has 1 aliphatic rings. The van der Waals surface area contributed by atoms with Crippen LogP contribution in [0.5, 0.6) is 0 Å². The van der Waals surface area contributed by atoms with Gasteiger partial charge in [0.05, 0.1) is 0 Å². The lowest BCUT2D eigenvalue weighted by atomic mass is 9.99. The summed E-state index contributed by atoms with van der Waals surface area (Å²) in [6.45, 7) is 12.4. The zero-order valence-electron chi connectivity index (χ0n) is 9.92. The van der Waals surface area contributed by atoms with Gasteiger partial charge in [0.15, 0.2) is 0 Å². The van der Waals surface area contributed by atoms with Crippen LogP contribution in [0.3, 0.4) is 0 Å². The molecule has 0 spiro atoms. The average molecular weight is 216 g/mol. The Bertz CT molecular complexity index is 172. The predicted molar refractivity (Wildman–Crippen MR) is 65.8 cm³/mol. The zero-order valence-corrected chi connectivity index (χ0v) is 10.7. The highest BCUT2D eigenvalue weighted by atomic mass is 32.2. The van der Waals surface area contributed by atoms with Crippen LogP contribution in [0, 0.1) is 0 Å². The molecule has 0 bridgehead atoms. The van der Waals surface area contributed by atoms with Gasteiger partial charge in [-0.2, -0.15) is 11.8 Å². The molecule has 14 heavy (non-hydrogen) atoms. The van der Waals surface area contributed by atoms with E-state index >= 15 is 0 Å². The fraction of sp³-hybridized carbons (Fsp3) is 1.00. The van der Waals surface area contributed by atoms with Gasteiger partial charge in [0.2, 0.25) is 0 Å². The van der Waals surface area contributed by atoms with Crippen molar-refractivity contribution in [3.8, 4) is 0 Å². The maximum absolute atomic E-state index is 6.19. The van der Waals surface area contributed by atoms with Crippen LogP contribution in [0.2, 0.25) is 0 Å². The lowest BCUT2D eigenvalue weighted by Gasteiger charge is -2.38. The number of nitrogens with two attached hydrogens (primary N) is 1. The Morgan fingerprint density at radius 3 is 2.29 bits per heavy atom. The number of nitrogens with zero attached hydrogens (tertiary/aromatic N) is 1. The van der Waals surface area contributed by atoms with Crippen LogP contribution in [0.1, 0.15) is 34.1 Å². The second kappa shape index (κ2) is 4.86. The van der Waals surface area contributed by atoms with Crippen molar-refractivity contribution in [2.45, 2.75) is 50.2 Å². The van der Waals surface area contributed by atoms with Crippen LogP contribution in [0.4, 0.5) is 0 Å². The molecule has 0 aromatic carbocycles. The van der Waals surface area contributed by atoms with Crippen LogP contribution in [0.25, 0.3) is 0 Å². The van der Waals surface area contributed by atoms with Crippen molar-refractivity contribution in [1.29, 1.82) is 0 Å². The third-order valence-corrected chi connectivity index (χ3v) is 4.12. The molecule has 1 aliphatic heterocycles. The molecule has 0 amide bonds. The van der Waals surface area contributed by atoms with Crippen molar-refractivity contribution in [2.75, 3.05) is 19.6 Å². The molecule has 0 aromatic heterocycles. The normalized spacial score (nSPS) is 34.1. The largest absolute Gasteiger partial charge is 0.324 e. The molecule has 1 heterocycles. The predicted octanol–water partition coefficient (Wildman–Crippen LogP) is 1.94. The minimum Gasteiger partial charge on any atom is -0.324 e. The summed E-state index contributed by atoms with van der Waals surface area (Å²) in [7, 11) is 0. The molecule has 3 atom stereocenters. The summed E-state index contributed by atoms with van der Waals surface area (Å²) < 4.78 is 0. The van der Waals surface area contributed by atoms with Gasteiger partial charge < -0.3 is 5.73 Å². The molecule has 2 nitrogen and oxygen atoms in total.